The number of carbonyl (C=O) groups excluding carboxylic acids is 1. The van der Waals surface area contributed by atoms with Crippen molar-refractivity contribution in [3.8, 4) is 0 Å². The summed E-state index contributed by atoms with van der Waals surface area (Å²) in [6.45, 7) is 0.464. The van der Waals surface area contributed by atoms with Crippen LogP contribution in [0.1, 0.15) is 40.7 Å². The maximum Gasteiger partial charge on any atom is 0.331 e. The molecule has 0 saturated heterocycles. The van der Waals surface area contributed by atoms with Gasteiger partial charge in [0.1, 0.15) is 0 Å². The molecule has 0 bridgehead atoms. The highest BCUT2D eigenvalue weighted by molar-refractivity contribution is 7.53. The van der Waals surface area contributed by atoms with Gasteiger partial charge in [0.2, 0.25) is 0 Å². The molecule has 156 valence electrons. The van der Waals surface area contributed by atoms with Crippen molar-refractivity contribution in [1.29, 1.82) is 0 Å². The highest BCUT2D eigenvalue weighted by atomic mass is 31.2. The van der Waals surface area contributed by atoms with Crippen LogP contribution < -0.4 is 0 Å². The molecule has 0 unspecified atom stereocenters. The van der Waals surface area contributed by atoms with Crippen molar-refractivity contribution in [2.45, 2.75) is 32.5 Å². The third kappa shape index (κ3) is 7.38. The second-order valence-corrected chi connectivity index (χ2v) is 9.28. The van der Waals surface area contributed by atoms with Crippen LogP contribution in [0.4, 0.5) is 0 Å². The molecule has 30 heavy (non-hydrogen) atoms. The summed E-state index contributed by atoms with van der Waals surface area (Å²) >= 11 is 0. The van der Waals surface area contributed by atoms with Gasteiger partial charge in [-0.1, -0.05) is 91.0 Å². The Morgan fingerprint density at radius 1 is 0.667 bits per heavy atom. The lowest BCUT2D eigenvalue weighted by Gasteiger charge is -2.19. The molecule has 0 saturated carbocycles. The summed E-state index contributed by atoms with van der Waals surface area (Å²) in [6, 6.07) is 28.5. The lowest BCUT2D eigenvalue weighted by molar-refractivity contribution is 0.0979. The fourth-order valence-corrected chi connectivity index (χ4v) is 4.66. The molecule has 0 aromatic heterocycles. The Kier molecular flexibility index (Phi) is 8.58. The van der Waals surface area contributed by atoms with Crippen LogP contribution in [0, 0.1) is 0 Å². The Hall–Kier alpha value is -2.52. The SMILES string of the molecule is O=C(CCCCP(=O)(OCc1ccccc1)OCc1ccccc1)c1ccccc1. The van der Waals surface area contributed by atoms with E-state index in [0.29, 0.717) is 24.8 Å². The van der Waals surface area contributed by atoms with Gasteiger partial charge in [0, 0.05) is 12.0 Å². The second-order valence-electron chi connectivity index (χ2n) is 7.10. The summed E-state index contributed by atoms with van der Waals surface area (Å²) in [5, 5.41) is 0. The number of rotatable bonds is 12. The van der Waals surface area contributed by atoms with Crippen LogP contribution in [0.2, 0.25) is 0 Å². The lowest BCUT2D eigenvalue weighted by atomic mass is 10.1. The van der Waals surface area contributed by atoms with E-state index in [4.69, 9.17) is 9.05 Å². The van der Waals surface area contributed by atoms with Crippen LogP contribution in [-0.2, 0) is 26.8 Å². The maximum absolute atomic E-state index is 13.3. The van der Waals surface area contributed by atoms with Crippen molar-refractivity contribution in [3.63, 3.8) is 0 Å². The monoisotopic (exact) mass is 422 g/mol. The predicted molar refractivity (Wildman–Crippen MR) is 120 cm³/mol. The average Bonchev–Trinajstić information content (AvgIpc) is 2.81. The molecule has 5 heteroatoms. The van der Waals surface area contributed by atoms with E-state index in [1.165, 1.54) is 0 Å². The largest absolute Gasteiger partial charge is 0.331 e. The number of benzene rings is 3. The van der Waals surface area contributed by atoms with Gasteiger partial charge in [-0.25, -0.2) is 0 Å². The third-order valence-corrected chi connectivity index (χ3v) is 6.63. The molecule has 3 aromatic rings. The molecule has 0 fully saturated rings. The summed E-state index contributed by atoms with van der Waals surface area (Å²) in [5.74, 6) is 0.0980. The fraction of sp³-hybridized carbons (Fsp3) is 0.240. The van der Waals surface area contributed by atoms with Crippen LogP contribution >= 0.6 is 7.60 Å². The van der Waals surface area contributed by atoms with E-state index >= 15 is 0 Å². The Labute approximate surface area is 178 Å². The first kappa shape index (κ1) is 22.2. The van der Waals surface area contributed by atoms with Gasteiger partial charge < -0.3 is 9.05 Å². The van der Waals surface area contributed by atoms with Gasteiger partial charge in [0.05, 0.1) is 19.4 Å². The summed E-state index contributed by atoms with van der Waals surface area (Å²) in [7, 11) is -3.29. The van der Waals surface area contributed by atoms with Crippen LogP contribution in [0.25, 0.3) is 0 Å². The normalized spacial score (nSPS) is 11.3. The summed E-state index contributed by atoms with van der Waals surface area (Å²) in [6.07, 6.45) is 1.94. The number of hydrogen-bond donors (Lipinski definition) is 0. The molecule has 0 amide bonds. The van der Waals surface area contributed by atoms with Crippen molar-refractivity contribution in [2.75, 3.05) is 6.16 Å². The molecule has 3 rings (SSSR count). The quantitative estimate of drug-likeness (QED) is 0.186. The molecular formula is C25H27O4P. The summed E-state index contributed by atoms with van der Waals surface area (Å²) in [5.41, 5.74) is 2.60. The van der Waals surface area contributed by atoms with E-state index in [0.717, 1.165) is 11.1 Å². The lowest BCUT2D eigenvalue weighted by Crippen LogP contribution is -2.03. The zero-order valence-corrected chi connectivity index (χ0v) is 17.9. The van der Waals surface area contributed by atoms with Crippen LogP contribution in [0.3, 0.4) is 0 Å². The molecular weight excluding hydrogens is 395 g/mol. The first-order chi connectivity index (χ1) is 14.6. The molecule has 0 aliphatic carbocycles. The van der Waals surface area contributed by atoms with Crippen LogP contribution in [0.5, 0.6) is 0 Å². The van der Waals surface area contributed by atoms with Crippen molar-refractivity contribution in [1.82, 2.24) is 0 Å². The van der Waals surface area contributed by atoms with Gasteiger partial charge in [-0.2, -0.15) is 0 Å². The fourth-order valence-electron chi connectivity index (χ4n) is 3.02. The van der Waals surface area contributed by atoms with Gasteiger partial charge >= 0.3 is 7.60 Å². The zero-order chi connectivity index (χ0) is 21.1. The van der Waals surface area contributed by atoms with Crippen LogP contribution in [-0.4, -0.2) is 11.9 Å². The van der Waals surface area contributed by atoms with Crippen molar-refractivity contribution in [2.24, 2.45) is 0 Å². The van der Waals surface area contributed by atoms with E-state index in [-0.39, 0.29) is 25.2 Å². The Morgan fingerprint density at radius 3 is 1.63 bits per heavy atom. The van der Waals surface area contributed by atoms with Crippen molar-refractivity contribution < 1.29 is 18.4 Å². The maximum atomic E-state index is 13.3. The van der Waals surface area contributed by atoms with Gasteiger partial charge in [-0.05, 0) is 24.0 Å². The smallest absolute Gasteiger partial charge is 0.304 e. The minimum atomic E-state index is -3.29. The van der Waals surface area contributed by atoms with E-state index in [1.807, 2.05) is 91.0 Å². The number of hydrogen-bond acceptors (Lipinski definition) is 4. The van der Waals surface area contributed by atoms with Gasteiger partial charge in [-0.15, -0.1) is 0 Å². The molecule has 4 nitrogen and oxygen atoms in total. The molecule has 0 aliphatic rings. The molecule has 0 spiro atoms. The Morgan fingerprint density at radius 2 is 1.13 bits per heavy atom. The van der Waals surface area contributed by atoms with E-state index in [1.54, 1.807) is 0 Å². The minimum absolute atomic E-state index is 0.0980. The Bertz CT molecular complexity index is 895. The van der Waals surface area contributed by atoms with Gasteiger partial charge in [0.25, 0.3) is 0 Å². The topological polar surface area (TPSA) is 52.6 Å². The number of Topliss-reactive ketones (excluding diaryl/α,β-unsaturated/α-hetero) is 1. The number of ketones is 1. The third-order valence-electron chi connectivity index (χ3n) is 4.72. The molecule has 0 atom stereocenters. The van der Waals surface area contributed by atoms with Crippen molar-refractivity contribution in [3.05, 3.63) is 108 Å². The van der Waals surface area contributed by atoms with Crippen molar-refractivity contribution >= 4 is 13.4 Å². The standard InChI is InChI=1S/C25H27O4P/c26-25(24-16-8-3-9-17-24)18-10-11-19-30(27,28-20-22-12-4-1-5-13-22)29-21-23-14-6-2-7-15-23/h1-9,12-17H,10-11,18-21H2. The van der Waals surface area contributed by atoms with Crippen LogP contribution in [0.15, 0.2) is 91.0 Å². The minimum Gasteiger partial charge on any atom is -0.304 e. The first-order valence-corrected chi connectivity index (χ1v) is 11.9. The number of carbonyl (C=O) groups is 1. The molecule has 3 aromatic carbocycles. The molecule has 0 N–H and O–H groups in total. The van der Waals surface area contributed by atoms with Gasteiger partial charge in [-0.3, -0.25) is 9.36 Å². The van der Waals surface area contributed by atoms with E-state index < -0.39 is 7.60 Å². The Balaban J connectivity index is 1.54. The summed E-state index contributed by atoms with van der Waals surface area (Å²) in [4.78, 5) is 12.3. The number of unbranched alkanes of at least 4 members (excludes halogenated alkanes) is 1. The molecule has 0 radical (unpaired) electrons. The molecule has 0 heterocycles. The highest BCUT2D eigenvalue weighted by Crippen LogP contribution is 2.50. The van der Waals surface area contributed by atoms with E-state index in [2.05, 4.69) is 0 Å². The van der Waals surface area contributed by atoms with Gasteiger partial charge in [0.15, 0.2) is 5.78 Å². The highest BCUT2D eigenvalue weighted by Gasteiger charge is 2.24. The average molecular weight is 422 g/mol. The second kappa shape index (κ2) is 11.6. The zero-order valence-electron chi connectivity index (χ0n) is 17.0. The predicted octanol–water partition coefficient (Wildman–Crippen LogP) is 6.67. The molecule has 0 aliphatic heterocycles. The van der Waals surface area contributed by atoms with E-state index in [9.17, 15) is 9.36 Å². The summed E-state index contributed by atoms with van der Waals surface area (Å²) < 4.78 is 24.9. The first-order valence-electron chi connectivity index (χ1n) is 10.2.